The molecule has 0 radical (unpaired) electrons. The minimum Gasteiger partial charge on any atom is -0.475 e. The number of aromatic nitrogens is 2. The fraction of sp³-hybridized carbons (Fsp3) is 0.524. The van der Waals surface area contributed by atoms with Gasteiger partial charge in [-0.3, -0.25) is 0 Å². The molecule has 3 aliphatic rings. The lowest BCUT2D eigenvalue weighted by molar-refractivity contribution is 0.259. The Morgan fingerprint density at radius 2 is 1.97 bits per heavy atom. The van der Waals surface area contributed by atoms with E-state index in [1.165, 1.54) is 28.5 Å². The number of likely N-dealkylation sites (N-methyl/N-ethyl adjacent to an activating group) is 1. The molecule has 9 nitrogen and oxygen atoms in total. The van der Waals surface area contributed by atoms with Crippen LogP contribution in [0.15, 0.2) is 21.5 Å². The second-order valence-corrected chi connectivity index (χ2v) is 10.2. The molecule has 4 N–H and O–H groups in total. The normalized spacial score (nSPS) is 21.3. The van der Waals surface area contributed by atoms with Crippen molar-refractivity contribution in [3.05, 3.63) is 34.5 Å². The zero-order valence-corrected chi connectivity index (χ0v) is 18.5. The summed E-state index contributed by atoms with van der Waals surface area (Å²) in [6.45, 7) is 1.00. The molecule has 0 saturated carbocycles. The van der Waals surface area contributed by atoms with E-state index in [0.29, 0.717) is 19.0 Å². The van der Waals surface area contributed by atoms with Crippen molar-refractivity contribution in [3.8, 4) is 5.88 Å². The summed E-state index contributed by atoms with van der Waals surface area (Å²) >= 11 is 0. The van der Waals surface area contributed by atoms with E-state index >= 15 is 0 Å². The van der Waals surface area contributed by atoms with Gasteiger partial charge in [-0.15, -0.1) is 4.36 Å². The lowest BCUT2D eigenvalue weighted by Crippen LogP contribution is -2.31. The molecule has 0 fully saturated rings. The molecule has 1 aromatic heterocycles. The van der Waals surface area contributed by atoms with E-state index in [0.717, 1.165) is 50.6 Å². The number of hydrogen-bond donors (Lipinski definition) is 3. The van der Waals surface area contributed by atoms with Crippen LogP contribution in [0.25, 0.3) is 0 Å². The van der Waals surface area contributed by atoms with Crippen molar-refractivity contribution in [2.24, 2.45) is 9.50 Å². The Balaban J connectivity index is 1.44. The van der Waals surface area contributed by atoms with Gasteiger partial charge in [-0.25, -0.2) is 18.8 Å². The van der Waals surface area contributed by atoms with Crippen LogP contribution in [-0.4, -0.2) is 39.7 Å². The van der Waals surface area contributed by atoms with Crippen molar-refractivity contribution in [1.82, 2.24) is 15.1 Å². The summed E-state index contributed by atoms with van der Waals surface area (Å²) in [4.78, 5) is 13.0. The molecule has 10 heteroatoms. The summed E-state index contributed by atoms with van der Waals surface area (Å²) in [6, 6.07) is 1.76. The Labute approximate surface area is 182 Å². The monoisotopic (exact) mass is 444 g/mol. The van der Waals surface area contributed by atoms with Gasteiger partial charge in [-0.05, 0) is 74.2 Å². The summed E-state index contributed by atoms with van der Waals surface area (Å²) in [5.41, 5.74) is 5.84. The summed E-state index contributed by atoms with van der Waals surface area (Å²) in [5.74, 6) is 0.322. The third-order valence-electron chi connectivity index (χ3n) is 6.52. The Bertz CT molecular complexity index is 1130. The lowest BCUT2D eigenvalue weighted by atomic mass is 9.99. The smallest absolute Gasteiger partial charge is 0.354 e. The summed E-state index contributed by atoms with van der Waals surface area (Å²) < 4.78 is 24.6. The minimum atomic E-state index is -3.51. The van der Waals surface area contributed by atoms with Crippen LogP contribution in [0.1, 0.15) is 41.5 Å². The average Bonchev–Trinajstić information content (AvgIpc) is 3.45. The van der Waals surface area contributed by atoms with Gasteiger partial charge in [0.25, 0.3) is 0 Å². The SMILES string of the molecule is CN[C@@H]1CCn2ncc([S@@](N)(=O)=NC(=O)Nc3c4c(cc5c3CCC5)CCC4)c2OC1. The first-order valence-electron chi connectivity index (χ1n) is 10.8. The summed E-state index contributed by atoms with van der Waals surface area (Å²) in [7, 11) is -1.65. The second-order valence-electron chi connectivity index (χ2n) is 8.45. The van der Waals surface area contributed by atoms with E-state index in [1.807, 2.05) is 7.05 Å². The molecule has 0 spiro atoms. The number of rotatable bonds is 3. The first-order chi connectivity index (χ1) is 15.0. The number of carbonyl (C=O) groups is 1. The number of fused-ring (bicyclic) bond motifs is 3. The van der Waals surface area contributed by atoms with Gasteiger partial charge in [0.05, 0.1) is 6.20 Å². The minimum absolute atomic E-state index is 0.155. The van der Waals surface area contributed by atoms with Gasteiger partial charge in [-0.2, -0.15) is 5.10 Å². The third kappa shape index (κ3) is 3.72. The molecule has 2 aliphatic carbocycles. The Hall–Kier alpha value is -2.43. The van der Waals surface area contributed by atoms with Gasteiger partial charge in [-0.1, -0.05) is 6.07 Å². The first-order valence-corrected chi connectivity index (χ1v) is 12.4. The van der Waals surface area contributed by atoms with Crippen LogP contribution in [0.2, 0.25) is 0 Å². The molecule has 0 unspecified atom stereocenters. The van der Waals surface area contributed by atoms with Crippen molar-refractivity contribution in [3.63, 3.8) is 0 Å². The highest BCUT2D eigenvalue weighted by atomic mass is 32.2. The second kappa shape index (κ2) is 7.92. The quantitative estimate of drug-likeness (QED) is 0.669. The lowest BCUT2D eigenvalue weighted by Gasteiger charge is -2.15. The van der Waals surface area contributed by atoms with Gasteiger partial charge in [0, 0.05) is 18.3 Å². The Morgan fingerprint density at radius 3 is 2.65 bits per heavy atom. The molecule has 2 amide bonds. The predicted molar refractivity (Wildman–Crippen MR) is 118 cm³/mol. The molecular weight excluding hydrogens is 416 g/mol. The van der Waals surface area contributed by atoms with Gasteiger partial charge < -0.3 is 15.4 Å². The van der Waals surface area contributed by atoms with Gasteiger partial charge in [0.1, 0.15) is 11.5 Å². The molecule has 0 saturated heterocycles. The molecule has 0 bridgehead atoms. The maximum atomic E-state index is 13.3. The Morgan fingerprint density at radius 1 is 1.26 bits per heavy atom. The molecule has 1 aliphatic heterocycles. The number of anilines is 1. The molecule has 2 heterocycles. The van der Waals surface area contributed by atoms with Crippen LogP contribution in [0.5, 0.6) is 5.88 Å². The number of hydrogen-bond acceptors (Lipinski definition) is 5. The van der Waals surface area contributed by atoms with E-state index in [2.05, 4.69) is 26.2 Å². The topological polar surface area (TPSA) is 124 Å². The fourth-order valence-corrected chi connectivity index (χ4v) is 5.90. The number of nitrogens with one attached hydrogen (secondary N) is 2. The highest BCUT2D eigenvalue weighted by Crippen LogP contribution is 2.38. The van der Waals surface area contributed by atoms with Crippen LogP contribution >= 0.6 is 0 Å². The third-order valence-corrected chi connectivity index (χ3v) is 7.86. The zero-order valence-electron chi connectivity index (χ0n) is 17.6. The molecule has 1 aromatic carbocycles. The number of aryl methyl sites for hydroxylation is 3. The molecule has 166 valence electrons. The first kappa shape index (κ1) is 20.5. The Kier molecular flexibility index (Phi) is 5.23. The largest absolute Gasteiger partial charge is 0.475 e. The van der Waals surface area contributed by atoms with Crippen molar-refractivity contribution in [2.45, 2.75) is 62.4 Å². The number of urea groups is 1. The van der Waals surface area contributed by atoms with Crippen molar-refractivity contribution in [1.29, 1.82) is 0 Å². The number of nitrogens with zero attached hydrogens (tertiary/aromatic N) is 3. The van der Waals surface area contributed by atoms with Gasteiger partial charge in [0.2, 0.25) is 5.88 Å². The fourth-order valence-electron chi connectivity index (χ4n) is 4.90. The van der Waals surface area contributed by atoms with Crippen LogP contribution in [0, 0.1) is 0 Å². The van der Waals surface area contributed by atoms with E-state index in [4.69, 9.17) is 9.88 Å². The summed E-state index contributed by atoms with van der Waals surface area (Å²) in [5, 5.41) is 16.4. The number of ether oxygens (including phenoxy) is 1. The highest BCUT2D eigenvalue weighted by Gasteiger charge is 2.27. The number of nitrogens with two attached hydrogens (primary N) is 1. The maximum Gasteiger partial charge on any atom is 0.354 e. The van der Waals surface area contributed by atoms with Crippen molar-refractivity contribution >= 4 is 21.6 Å². The number of amides is 2. The molecule has 5 rings (SSSR count). The van der Waals surface area contributed by atoms with E-state index in [9.17, 15) is 9.00 Å². The maximum absolute atomic E-state index is 13.3. The van der Waals surface area contributed by atoms with Crippen LogP contribution in [0.3, 0.4) is 0 Å². The molecule has 2 atom stereocenters. The van der Waals surface area contributed by atoms with E-state index in [1.54, 1.807) is 4.68 Å². The average molecular weight is 445 g/mol. The van der Waals surface area contributed by atoms with E-state index in [-0.39, 0.29) is 10.9 Å². The predicted octanol–water partition coefficient (Wildman–Crippen LogP) is 2.16. The number of carbonyl (C=O) groups excluding carboxylic acids is 1. The van der Waals surface area contributed by atoms with Gasteiger partial charge >= 0.3 is 6.03 Å². The number of benzene rings is 1. The standard InChI is InChI=1S/C21H28N6O3S/c1-23-15-8-9-27-20(30-12-15)18(11-24-27)31(22,29)26-21(28)25-19-16-6-2-4-13(16)10-14-5-3-7-17(14)19/h10-11,15,23H,2-9,12H2,1H3,(H3,22,25,26,28,29)/t15-,31+/m1/s1. The summed E-state index contributed by atoms with van der Waals surface area (Å²) in [6.07, 6.45) is 8.32. The molecular formula is C21H28N6O3S. The zero-order chi connectivity index (χ0) is 21.6. The van der Waals surface area contributed by atoms with Gasteiger partial charge in [0.15, 0.2) is 9.92 Å². The molecule has 2 aromatic rings. The van der Waals surface area contributed by atoms with Crippen LogP contribution < -0.4 is 20.5 Å². The van der Waals surface area contributed by atoms with Crippen molar-refractivity contribution < 1.29 is 13.7 Å². The van der Waals surface area contributed by atoms with Crippen LogP contribution in [-0.2, 0) is 42.1 Å². The van der Waals surface area contributed by atoms with E-state index < -0.39 is 15.9 Å². The molecule has 31 heavy (non-hydrogen) atoms. The highest BCUT2D eigenvalue weighted by molar-refractivity contribution is 7.91. The van der Waals surface area contributed by atoms with Crippen LogP contribution in [0.4, 0.5) is 10.5 Å². The van der Waals surface area contributed by atoms with Crippen molar-refractivity contribution in [2.75, 3.05) is 19.0 Å².